The summed E-state index contributed by atoms with van der Waals surface area (Å²) in [6.45, 7) is 11.2. The summed E-state index contributed by atoms with van der Waals surface area (Å²) in [5.41, 5.74) is 2.88. The molecule has 0 unspecified atom stereocenters. The summed E-state index contributed by atoms with van der Waals surface area (Å²) in [7, 11) is 0. The molecular formula is C19H30N2O3. The third-order valence-corrected chi connectivity index (χ3v) is 6.21. The molecule has 1 saturated heterocycles. The van der Waals surface area contributed by atoms with E-state index in [0.717, 1.165) is 42.8 Å². The number of nitrogens with zero attached hydrogens (tertiary/aromatic N) is 2. The van der Waals surface area contributed by atoms with E-state index < -0.39 is 0 Å². The molecule has 0 radical (unpaired) electrons. The van der Waals surface area contributed by atoms with Gasteiger partial charge in [-0.25, -0.2) is 0 Å². The maximum atomic E-state index is 12.9. The van der Waals surface area contributed by atoms with E-state index >= 15 is 0 Å². The Labute approximate surface area is 144 Å². The molecule has 1 N–H and O–H groups in total. The van der Waals surface area contributed by atoms with Gasteiger partial charge in [-0.05, 0) is 46.6 Å². The van der Waals surface area contributed by atoms with Crippen LogP contribution in [0.2, 0.25) is 0 Å². The summed E-state index contributed by atoms with van der Waals surface area (Å²) in [4.78, 5) is 14.9. The van der Waals surface area contributed by atoms with E-state index in [-0.39, 0.29) is 23.5 Å². The van der Waals surface area contributed by atoms with Gasteiger partial charge in [0, 0.05) is 49.5 Å². The van der Waals surface area contributed by atoms with Crippen LogP contribution in [0.3, 0.4) is 0 Å². The van der Waals surface area contributed by atoms with Gasteiger partial charge in [-0.3, -0.25) is 4.79 Å². The predicted molar refractivity (Wildman–Crippen MR) is 93.2 cm³/mol. The van der Waals surface area contributed by atoms with Gasteiger partial charge in [-0.1, -0.05) is 0 Å². The highest BCUT2D eigenvalue weighted by Crippen LogP contribution is 2.51. The molecule has 1 saturated carbocycles. The van der Waals surface area contributed by atoms with Crippen molar-refractivity contribution in [3.8, 4) is 0 Å². The third-order valence-electron chi connectivity index (χ3n) is 6.21. The van der Waals surface area contributed by atoms with Gasteiger partial charge in [0.05, 0.1) is 17.8 Å². The Morgan fingerprint density at radius 1 is 1.33 bits per heavy atom. The van der Waals surface area contributed by atoms with E-state index in [4.69, 9.17) is 4.74 Å². The second-order valence-electron chi connectivity index (χ2n) is 7.25. The molecule has 1 spiro atoms. The van der Waals surface area contributed by atoms with E-state index in [2.05, 4.69) is 18.4 Å². The van der Waals surface area contributed by atoms with E-state index in [1.165, 1.54) is 0 Å². The number of aliphatic hydroxyl groups is 1. The fourth-order valence-corrected chi connectivity index (χ4v) is 4.62. The van der Waals surface area contributed by atoms with Gasteiger partial charge in [0.25, 0.3) is 5.91 Å². The van der Waals surface area contributed by atoms with Crippen molar-refractivity contribution in [2.75, 3.05) is 19.7 Å². The van der Waals surface area contributed by atoms with Crippen LogP contribution in [0.5, 0.6) is 0 Å². The van der Waals surface area contributed by atoms with Crippen LogP contribution >= 0.6 is 0 Å². The fourth-order valence-electron chi connectivity index (χ4n) is 4.62. The highest BCUT2D eigenvalue weighted by Gasteiger charge is 2.56. The summed E-state index contributed by atoms with van der Waals surface area (Å²) in [5, 5.41) is 10.3. The molecule has 24 heavy (non-hydrogen) atoms. The smallest absolute Gasteiger partial charge is 0.255 e. The van der Waals surface area contributed by atoms with Gasteiger partial charge in [0.2, 0.25) is 0 Å². The van der Waals surface area contributed by atoms with Crippen LogP contribution in [0.25, 0.3) is 0 Å². The zero-order valence-electron chi connectivity index (χ0n) is 15.3. The average Bonchev–Trinajstić information content (AvgIpc) is 2.88. The van der Waals surface area contributed by atoms with Crippen molar-refractivity contribution >= 4 is 5.91 Å². The molecule has 2 fully saturated rings. The average molecular weight is 334 g/mol. The first-order chi connectivity index (χ1) is 11.4. The van der Waals surface area contributed by atoms with E-state index in [1.807, 2.05) is 24.8 Å². The molecule has 5 heteroatoms. The second kappa shape index (κ2) is 6.52. The molecular weight excluding hydrogens is 304 g/mol. The number of piperidine rings is 1. The Hall–Kier alpha value is -1.33. The molecule has 1 aliphatic heterocycles. The van der Waals surface area contributed by atoms with Crippen molar-refractivity contribution < 1.29 is 14.6 Å². The zero-order valence-corrected chi connectivity index (χ0v) is 15.3. The number of aryl methyl sites for hydroxylation is 1. The van der Waals surface area contributed by atoms with Crippen LogP contribution in [0.4, 0.5) is 0 Å². The minimum atomic E-state index is -0.281. The lowest BCUT2D eigenvalue weighted by Gasteiger charge is -2.56. The van der Waals surface area contributed by atoms with E-state index in [1.54, 1.807) is 0 Å². The van der Waals surface area contributed by atoms with Crippen LogP contribution in [0, 0.1) is 19.3 Å². The first kappa shape index (κ1) is 17.5. The molecule has 134 valence electrons. The number of hydrogen-bond donors (Lipinski definition) is 1. The zero-order chi connectivity index (χ0) is 17.5. The van der Waals surface area contributed by atoms with Gasteiger partial charge in [-0.2, -0.15) is 0 Å². The number of ether oxygens (including phenoxy) is 1. The number of rotatable bonds is 4. The molecule has 0 aromatic carbocycles. The maximum Gasteiger partial charge on any atom is 0.255 e. The molecule has 5 nitrogen and oxygen atoms in total. The molecule has 3 rings (SSSR count). The first-order valence-corrected chi connectivity index (χ1v) is 9.20. The predicted octanol–water partition coefficient (Wildman–Crippen LogP) is 2.52. The summed E-state index contributed by atoms with van der Waals surface area (Å²) < 4.78 is 7.99. The number of carbonyl (C=O) groups excluding carboxylic acids is 1. The minimum absolute atomic E-state index is 0.124. The number of hydrogen-bond acceptors (Lipinski definition) is 3. The highest BCUT2D eigenvalue weighted by atomic mass is 16.5. The number of amides is 1. The molecule has 2 aliphatic rings. The SMILES string of the molecule is CCO[C@@H]1C[C@@H](O)C12CCN(C(=O)c1cc(C)n(CC)c1C)CC2. The maximum absolute atomic E-state index is 12.9. The van der Waals surface area contributed by atoms with Gasteiger partial charge in [0.15, 0.2) is 0 Å². The van der Waals surface area contributed by atoms with Crippen molar-refractivity contribution in [3.63, 3.8) is 0 Å². The topological polar surface area (TPSA) is 54.7 Å². The summed E-state index contributed by atoms with van der Waals surface area (Å²) in [5.74, 6) is 0.124. The minimum Gasteiger partial charge on any atom is -0.392 e. The molecule has 1 aromatic heterocycles. The van der Waals surface area contributed by atoms with Crippen LogP contribution in [0.1, 0.15) is 54.9 Å². The second-order valence-corrected chi connectivity index (χ2v) is 7.25. The van der Waals surface area contributed by atoms with Crippen molar-refractivity contribution in [3.05, 3.63) is 23.0 Å². The lowest BCUT2D eigenvalue weighted by Crippen LogP contribution is -2.62. The van der Waals surface area contributed by atoms with E-state index in [9.17, 15) is 9.90 Å². The van der Waals surface area contributed by atoms with Crippen molar-refractivity contribution in [1.82, 2.24) is 9.47 Å². The summed E-state index contributed by atoms with van der Waals surface area (Å²) in [6.07, 6.45) is 2.27. The Kier molecular flexibility index (Phi) is 4.76. The Morgan fingerprint density at radius 3 is 2.50 bits per heavy atom. The van der Waals surface area contributed by atoms with Crippen molar-refractivity contribution in [1.29, 1.82) is 0 Å². The number of carbonyl (C=O) groups is 1. The van der Waals surface area contributed by atoms with Gasteiger partial charge in [0.1, 0.15) is 0 Å². The van der Waals surface area contributed by atoms with Crippen LogP contribution in [-0.2, 0) is 11.3 Å². The summed E-state index contributed by atoms with van der Waals surface area (Å²) in [6, 6.07) is 2.01. The van der Waals surface area contributed by atoms with Crippen molar-refractivity contribution in [2.45, 2.75) is 65.7 Å². The number of aromatic nitrogens is 1. The number of likely N-dealkylation sites (tertiary alicyclic amines) is 1. The standard InChI is InChI=1S/C19H30N2O3/c1-5-21-13(3)11-15(14(21)4)18(23)20-9-7-19(8-10-20)16(22)12-17(19)24-6-2/h11,16-17,22H,5-10,12H2,1-4H3/t16-,17-/m1/s1. The van der Waals surface area contributed by atoms with Gasteiger partial charge < -0.3 is 19.3 Å². The fraction of sp³-hybridized carbons (Fsp3) is 0.737. The van der Waals surface area contributed by atoms with Crippen molar-refractivity contribution in [2.24, 2.45) is 5.41 Å². The quantitative estimate of drug-likeness (QED) is 0.920. The largest absolute Gasteiger partial charge is 0.392 e. The molecule has 2 heterocycles. The third kappa shape index (κ3) is 2.58. The van der Waals surface area contributed by atoms with Gasteiger partial charge >= 0.3 is 0 Å². The van der Waals surface area contributed by atoms with E-state index in [0.29, 0.717) is 19.7 Å². The molecule has 0 bridgehead atoms. The monoisotopic (exact) mass is 334 g/mol. The Bertz CT molecular complexity index is 612. The Balaban J connectivity index is 1.70. The first-order valence-electron chi connectivity index (χ1n) is 9.20. The van der Waals surface area contributed by atoms with Gasteiger partial charge in [-0.15, -0.1) is 0 Å². The lowest BCUT2D eigenvalue weighted by atomic mass is 9.58. The summed E-state index contributed by atoms with van der Waals surface area (Å²) >= 11 is 0. The molecule has 2 atom stereocenters. The Morgan fingerprint density at radius 2 is 2.00 bits per heavy atom. The van der Waals surface area contributed by atoms with Crippen LogP contribution in [0.15, 0.2) is 6.07 Å². The molecule has 1 amide bonds. The van der Waals surface area contributed by atoms with Crippen LogP contribution in [-0.4, -0.2) is 52.4 Å². The molecule has 1 aromatic rings. The highest BCUT2D eigenvalue weighted by molar-refractivity contribution is 5.95. The molecule has 1 aliphatic carbocycles. The van der Waals surface area contributed by atoms with Crippen LogP contribution < -0.4 is 0 Å². The number of aliphatic hydroxyl groups excluding tert-OH is 1. The normalized spacial score (nSPS) is 25.8. The lowest BCUT2D eigenvalue weighted by molar-refractivity contribution is -0.207.